The zero-order chi connectivity index (χ0) is 16.9. The molecular formula is C20H18BrNO2. The third-order valence-electron chi connectivity index (χ3n) is 3.86. The van der Waals surface area contributed by atoms with Crippen molar-refractivity contribution in [2.24, 2.45) is 0 Å². The molecule has 3 rings (SSSR count). The van der Waals surface area contributed by atoms with Gasteiger partial charge in [-0.15, -0.1) is 0 Å². The molecule has 0 saturated heterocycles. The SMILES string of the molecule is C[C@@H](NC(=O)COc1ccc2ccccc2c1Br)c1ccccc1. The average Bonchev–Trinajstić information content (AvgIpc) is 2.62. The average molecular weight is 384 g/mol. The van der Waals surface area contributed by atoms with Gasteiger partial charge in [0.15, 0.2) is 6.61 Å². The van der Waals surface area contributed by atoms with E-state index in [1.165, 1.54) is 0 Å². The quantitative estimate of drug-likeness (QED) is 0.683. The minimum absolute atomic E-state index is 0.0197. The lowest BCUT2D eigenvalue weighted by molar-refractivity contribution is -0.123. The van der Waals surface area contributed by atoms with Crippen LogP contribution in [0.3, 0.4) is 0 Å². The lowest BCUT2D eigenvalue weighted by atomic mass is 10.1. The Labute approximate surface area is 149 Å². The van der Waals surface area contributed by atoms with Gasteiger partial charge < -0.3 is 10.1 Å². The van der Waals surface area contributed by atoms with Crippen LogP contribution in [0.1, 0.15) is 18.5 Å². The minimum atomic E-state index is -0.147. The molecule has 0 heterocycles. The van der Waals surface area contributed by atoms with Gasteiger partial charge in [0.25, 0.3) is 5.91 Å². The number of halogens is 1. The Bertz CT molecular complexity index is 849. The summed E-state index contributed by atoms with van der Waals surface area (Å²) in [5.41, 5.74) is 1.07. The molecular weight excluding hydrogens is 366 g/mol. The Balaban J connectivity index is 1.63. The van der Waals surface area contributed by atoms with Crippen molar-refractivity contribution in [2.75, 3.05) is 6.61 Å². The molecule has 1 amide bonds. The number of ether oxygens (including phenoxy) is 1. The van der Waals surface area contributed by atoms with Crippen molar-refractivity contribution < 1.29 is 9.53 Å². The summed E-state index contributed by atoms with van der Waals surface area (Å²) >= 11 is 3.56. The molecule has 4 heteroatoms. The van der Waals surface area contributed by atoms with E-state index >= 15 is 0 Å². The largest absolute Gasteiger partial charge is 0.483 e. The van der Waals surface area contributed by atoms with Gasteiger partial charge in [-0.3, -0.25) is 4.79 Å². The number of nitrogens with one attached hydrogen (secondary N) is 1. The van der Waals surface area contributed by atoms with E-state index in [-0.39, 0.29) is 18.6 Å². The van der Waals surface area contributed by atoms with Crippen LogP contribution in [0, 0.1) is 0 Å². The Morgan fingerprint density at radius 3 is 2.54 bits per heavy atom. The summed E-state index contributed by atoms with van der Waals surface area (Å²) in [6.45, 7) is 1.94. The molecule has 0 spiro atoms. The van der Waals surface area contributed by atoms with Crippen LogP contribution in [-0.2, 0) is 4.79 Å². The van der Waals surface area contributed by atoms with Gasteiger partial charge in [-0.25, -0.2) is 0 Å². The molecule has 24 heavy (non-hydrogen) atoms. The van der Waals surface area contributed by atoms with Crippen molar-refractivity contribution in [3.8, 4) is 5.75 Å². The van der Waals surface area contributed by atoms with E-state index in [0.717, 1.165) is 20.8 Å². The smallest absolute Gasteiger partial charge is 0.258 e. The number of hydrogen-bond acceptors (Lipinski definition) is 2. The van der Waals surface area contributed by atoms with Gasteiger partial charge in [0.2, 0.25) is 0 Å². The molecule has 0 aliphatic carbocycles. The molecule has 0 aliphatic rings. The van der Waals surface area contributed by atoms with Crippen LogP contribution < -0.4 is 10.1 Å². The fourth-order valence-electron chi connectivity index (χ4n) is 2.58. The summed E-state index contributed by atoms with van der Waals surface area (Å²) in [6.07, 6.45) is 0. The molecule has 1 atom stereocenters. The van der Waals surface area contributed by atoms with Crippen molar-refractivity contribution in [2.45, 2.75) is 13.0 Å². The first kappa shape index (κ1) is 16.5. The highest BCUT2D eigenvalue weighted by Gasteiger charge is 2.11. The third kappa shape index (κ3) is 3.77. The summed E-state index contributed by atoms with van der Waals surface area (Å²) in [5, 5.41) is 5.13. The van der Waals surface area contributed by atoms with Crippen LogP contribution >= 0.6 is 15.9 Å². The number of carbonyl (C=O) groups is 1. The van der Waals surface area contributed by atoms with Crippen LogP contribution in [-0.4, -0.2) is 12.5 Å². The maximum Gasteiger partial charge on any atom is 0.258 e. The molecule has 1 N–H and O–H groups in total. The topological polar surface area (TPSA) is 38.3 Å². The van der Waals surface area contributed by atoms with Crippen LogP contribution in [0.2, 0.25) is 0 Å². The zero-order valence-electron chi connectivity index (χ0n) is 13.3. The number of hydrogen-bond donors (Lipinski definition) is 1. The third-order valence-corrected chi connectivity index (χ3v) is 4.68. The Kier molecular flexibility index (Phi) is 5.16. The molecule has 0 aliphatic heterocycles. The van der Waals surface area contributed by atoms with Gasteiger partial charge in [0.05, 0.1) is 10.5 Å². The van der Waals surface area contributed by atoms with Crippen molar-refractivity contribution in [1.82, 2.24) is 5.32 Å². The maximum atomic E-state index is 12.1. The molecule has 0 bridgehead atoms. The molecule has 0 saturated carbocycles. The minimum Gasteiger partial charge on any atom is -0.483 e. The standard InChI is InChI=1S/C20H18BrNO2/c1-14(15-7-3-2-4-8-15)22-19(23)13-24-18-12-11-16-9-5-6-10-17(16)20(18)21/h2-12,14H,13H2,1H3,(H,22,23)/t14-/m1/s1. The molecule has 0 fully saturated rings. The highest BCUT2D eigenvalue weighted by Crippen LogP contribution is 2.32. The van der Waals surface area contributed by atoms with E-state index in [1.54, 1.807) is 0 Å². The number of benzene rings is 3. The highest BCUT2D eigenvalue weighted by molar-refractivity contribution is 9.10. The molecule has 0 aromatic heterocycles. The van der Waals surface area contributed by atoms with Crippen molar-refractivity contribution in [3.05, 3.63) is 76.8 Å². The predicted octanol–water partition coefficient (Wildman–Crippen LogP) is 4.86. The molecule has 122 valence electrons. The lowest BCUT2D eigenvalue weighted by Gasteiger charge is -2.15. The fourth-order valence-corrected chi connectivity index (χ4v) is 3.18. The van der Waals surface area contributed by atoms with Crippen LogP contribution in [0.25, 0.3) is 10.8 Å². The second-order valence-corrected chi connectivity index (χ2v) is 6.38. The summed E-state index contributed by atoms with van der Waals surface area (Å²) in [5.74, 6) is 0.516. The second-order valence-electron chi connectivity index (χ2n) is 5.59. The van der Waals surface area contributed by atoms with Gasteiger partial charge in [-0.2, -0.15) is 0 Å². The first-order chi connectivity index (χ1) is 11.6. The molecule has 0 unspecified atom stereocenters. The van der Waals surface area contributed by atoms with Crippen molar-refractivity contribution in [1.29, 1.82) is 0 Å². The predicted molar refractivity (Wildman–Crippen MR) is 100 cm³/mol. The van der Waals surface area contributed by atoms with E-state index in [4.69, 9.17) is 4.74 Å². The van der Waals surface area contributed by atoms with E-state index in [1.807, 2.05) is 73.7 Å². The first-order valence-electron chi connectivity index (χ1n) is 7.79. The van der Waals surface area contributed by atoms with Gasteiger partial charge in [-0.1, -0.05) is 60.7 Å². The number of rotatable bonds is 5. The monoisotopic (exact) mass is 383 g/mol. The lowest BCUT2D eigenvalue weighted by Crippen LogP contribution is -2.31. The van der Waals surface area contributed by atoms with Crippen LogP contribution in [0.5, 0.6) is 5.75 Å². The van der Waals surface area contributed by atoms with Crippen LogP contribution in [0.4, 0.5) is 0 Å². The Hall–Kier alpha value is -2.33. The second kappa shape index (κ2) is 7.49. The van der Waals surface area contributed by atoms with E-state index in [9.17, 15) is 4.79 Å². The van der Waals surface area contributed by atoms with Crippen molar-refractivity contribution in [3.63, 3.8) is 0 Å². The zero-order valence-corrected chi connectivity index (χ0v) is 14.9. The molecule has 3 nitrogen and oxygen atoms in total. The van der Waals surface area contributed by atoms with Gasteiger partial charge in [0.1, 0.15) is 5.75 Å². The van der Waals surface area contributed by atoms with E-state index < -0.39 is 0 Å². The van der Waals surface area contributed by atoms with E-state index in [0.29, 0.717) is 5.75 Å². The van der Waals surface area contributed by atoms with Crippen LogP contribution in [0.15, 0.2) is 71.2 Å². The Morgan fingerprint density at radius 2 is 1.75 bits per heavy atom. The number of amides is 1. The molecule has 0 radical (unpaired) electrons. The first-order valence-corrected chi connectivity index (χ1v) is 8.59. The normalized spacial score (nSPS) is 11.9. The maximum absolute atomic E-state index is 12.1. The summed E-state index contributed by atoms with van der Waals surface area (Å²) in [6, 6.07) is 21.7. The van der Waals surface area contributed by atoms with Crippen molar-refractivity contribution >= 4 is 32.6 Å². The van der Waals surface area contributed by atoms with Gasteiger partial charge in [0, 0.05) is 0 Å². The summed E-state index contributed by atoms with van der Waals surface area (Å²) < 4.78 is 6.55. The summed E-state index contributed by atoms with van der Waals surface area (Å²) in [4.78, 5) is 12.1. The highest BCUT2D eigenvalue weighted by atomic mass is 79.9. The van der Waals surface area contributed by atoms with Gasteiger partial charge >= 0.3 is 0 Å². The summed E-state index contributed by atoms with van der Waals surface area (Å²) in [7, 11) is 0. The number of fused-ring (bicyclic) bond motifs is 1. The van der Waals surface area contributed by atoms with Gasteiger partial charge in [-0.05, 0) is 45.3 Å². The number of carbonyl (C=O) groups excluding carboxylic acids is 1. The molecule has 3 aromatic rings. The fraction of sp³-hybridized carbons (Fsp3) is 0.150. The Morgan fingerprint density at radius 1 is 1.04 bits per heavy atom. The molecule has 3 aromatic carbocycles. The van der Waals surface area contributed by atoms with E-state index in [2.05, 4.69) is 21.2 Å².